The van der Waals surface area contributed by atoms with Crippen LogP contribution in [0, 0.1) is 11.3 Å². The number of aromatic amines is 1. The number of para-hydroxylation sites is 1. The number of nitrogens with zero attached hydrogens (tertiary/aromatic N) is 3. The lowest BCUT2D eigenvalue weighted by molar-refractivity contribution is -0.132. The number of amides is 1. The predicted molar refractivity (Wildman–Crippen MR) is 101 cm³/mol. The van der Waals surface area contributed by atoms with Gasteiger partial charge in [-0.05, 0) is 23.8 Å². The van der Waals surface area contributed by atoms with Crippen molar-refractivity contribution < 1.29 is 9.53 Å². The molecule has 136 valence electrons. The highest BCUT2D eigenvalue weighted by Gasteiger charge is 2.25. The summed E-state index contributed by atoms with van der Waals surface area (Å²) in [6.07, 6.45) is 5.39. The molecule has 1 saturated heterocycles. The molecule has 1 amide bonds. The van der Waals surface area contributed by atoms with Gasteiger partial charge in [0.05, 0.1) is 6.42 Å². The Balaban J connectivity index is 1.35. The number of carbonyl (C=O) groups is 1. The molecule has 0 aliphatic carbocycles. The average molecular weight is 360 g/mol. The largest absolute Gasteiger partial charge is 0.473 e. The first-order valence-corrected chi connectivity index (χ1v) is 9.09. The fraction of sp³-hybridized carbons (Fsp3) is 0.286. The zero-order chi connectivity index (χ0) is 18.6. The first kappa shape index (κ1) is 17.1. The summed E-state index contributed by atoms with van der Waals surface area (Å²) in [6.45, 7) is 1.31. The lowest BCUT2D eigenvalue weighted by atomic mass is 10.1. The number of nitrogens with one attached hydrogen (secondary N) is 1. The maximum atomic E-state index is 12.7. The summed E-state index contributed by atoms with van der Waals surface area (Å²) in [5, 5.41) is 10.2. The fourth-order valence-corrected chi connectivity index (χ4v) is 3.50. The van der Waals surface area contributed by atoms with Crippen LogP contribution in [0.1, 0.15) is 24.0 Å². The number of pyridine rings is 1. The molecule has 3 heterocycles. The maximum absolute atomic E-state index is 12.7. The quantitative estimate of drug-likeness (QED) is 0.775. The number of likely N-dealkylation sites (tertiary alicyclic amines) is 1. The van der Waals surface area contributed by atoms with E-state index in [2.05, 4.69) is 16.0 Å². The number of carbonyl (C=O) groups excluding carboxylic acids is 1. The minimum Gasteiger partial charge on any atom is -0.473 e. The van der Waals surface area contributed by atoms with Crippen LogP contribution in [0.15, 0.2) is 48.8 Å². The first-order valence-electron chi connectivity index (χ1n) is 9.09. The molecule has 0 radical (unpaired) electrons. The molecule has 0 bridgehead atoms. The monoisotopic (exact) mass is 360 g/mol. The third-order valence-corrected chi connectivity index (χ3v) is 4.98. The Morgan fingerprint density at radius 1 is 1.26 bits per heavy atom. The Hall–Kier alpha value is -3.33. The van der Waals surface area contributed by atoms with Gasteiger partial charge in [-0.15, -0.1) is 0 Å². The van der Waals surface area contributed by atoms with Crippen molar-refractivity contribution in [3.63, 3.8) is 0 Å². The number of nitriles is 1. The van der Waals surface area contributed by atoms with Gasteiger partial charge < -0.3 is 14.6 Å². The topological polar surface area (TPSA) is 82.0 Å². The smallest absolute Gasteiger partial charge is 0.231 e. The fourth-order valence-electron chi connectivity index (χ4n) is 3.50. The molecule has 0 saturated carbocycles. The van der Waals surface area contributed by atoms with Crippen LogP contribution in [0.4, 0.5) is 0 Å². The van der Waals surface area contributed by atoms with Crippen LogP contribution in [-0.2, 0) is 11.2 Å². The zero-order valence-corrected chi connectivity index (χ0v) is 14.9. The number of hydrogen-bond donors (Lipinski definition) is 1. The number of fused-ring (bicyclic) bond motifs is 1. The van der Waals surface area contributed by atoms with Crippen molar-refractivity contribution in [3.8, 4) is 11.9 Å². The summed E-state index contributed by atoms with van der Waals surface area (Å²) in [6, 6.07) is 13.5. The highest BCUT2D eigenvalue weighted by atomic mass is 16.5. The van der Waals surface area contributed by atoms with Crippen molar-refractivity contribution in [1.82, 2.24) is 14.9 Å². The molecular weight excluding hydrogens is 340 g/mol. The number of ether oxygens (including phenoxy) is 1. The van der Waals surface area contributed by atoms with Gasteiger partial charge in [-0.2, -0.15) is 5.26 Å². The van der Waals surface area contributed by atoms with Crippen molar-refractivity contribution >= 4 is 16.8 Å². The summed E-state index contributed by atoms with van der Waals surface area (Å²) in [5.41, 5.74) is 2.52. The molecule has 1 fully saturated rings. The van der Waals surface area contributed by atoms with Gasteiger partial charge in [-0.1, -0.05) is 18.2 Å². The van der Waals surface area contributed by atoms with E-state index in [-0.39, 0.29) is 12.0 Å². The third-order valence-electron chi connectivity index (χ3n) is 4.98. The van der Waals surface area contributed by atoms with Crippen molar-refractivity contribution in [1.29, 1.82) is 5.26 Å². The molecule has 4 rings (SSSR count). The summed E-state index contributed by atoms with van der Waals surface area (Å²) in [5.74, 6) is 0.511. The van der Waals surface area contributed by atoms with Gasteiger partial charge in [0.25, 0.3) is 0 Å². The molecule has 6 nitrogen and oxygen atoms in total. The third kappa shape index (κ3) is 3.63. The van der Waals surface area contributed by atoms with Crippen LogP contribution in [0.2, 0.25) is 0 Å². The van der Waals surface area contributed by atoms with Crippen molar-refractivity contribution in [2.24, 2.45) is 0 Å². The van der Waals surface area contributed by atoms with Gasteiger partial charge in [-0.3, -0.25) is 4.79 Å². The Morgan fingerprint density at radius 3 is 2.89 bits per heavy atom. The summed E-state index contributed by atoms with van der Waals surface area (Å²) >= 11 is 0. The number of benzene rings is 1. The Bertz CT molecular complexity index is 997. The minimum absolute atomic E-state index is 0.0239. The number of aromatic nitrogens is 2. The number of piperidine rings is 1. The molecule has 0 atom stereocenters. The maximum Gasteiger partial charge on any atom is 0.231 e. The van der Waals surface area contributed by atoms with Crippen LogP contribution in [0.3, 0.4) is 0 Å². The Labute approximate surface area is 157 Å². The molecule has 1 N–H and O–H groups in total. The summed E-state index contributed by atoms with van der Waals surface area (Å²) < 4.78 is 5.89. The van der Waals surface area contributed by atoms with Gasteiger partial charge in [0, 0.05) is 49.2 Å². The van der Waals surface area contributed by atoms with E-state index in [1.54, 1.807) is 18.3 Å². The lowest BCUT2D eigenvalue weighted by Crippen LogP contribution is -2.42. The first-order chi connectivity index (χ1) is 13.2. The van der Waals surface area contributed by atoms with Gasteiger partial charge in [-0.25, -0.2) is 4.98 Å². The summed E-state index contributed by atoms with van der Waals surface area (Å²) in [4.78, 5) is 21.9. The van der Waals surface area contributed by atoms with Crippen molar-refractivity contribution in [2.45, 2.75) is 25.4 Å². The second-order valence-corrected chi connectivity index (χ2v) is 6.70. The number of H-pyrrole nitrogens is 1. The zero-order valence-electron chi connectivity index (χ0n) is 14.9. The molecular formula is C21H20N4O2. The molecule has 6 heteroatoms. The lowest BCUT2D eigenvalue weighted by Gasteiger charge is -2.32. The van der Waals surface area contributed by atoms with Crippen LogP contribution in [0.5, 0.6) is 5.88 Å². The van der Waals surface area contributed by atoms with Crippen LogP contribution in [0.25, 0.3) is 10.9 Å². The van der Waals surface area contributed by atoms with Gasteiger partial charge in [0.2, 0.25) is 11.8 Å². The van der Waals surface area contributed by atoms with E-state index in [0.29, 0.717) is 31.0 Å². The molecule has 1 aliphatic heterocycles. The molecule has 1 aliphatic rings. The standard InChI is InChI=1S/C21H20N4O2/c22-13-15-4-3-9-23-21(15)27-17-7-10-25(11-8-17)20(26)12-16-14-24-19-6-2-1-5-18(16)19/h1-6,9,14,17,24H,7-8,10-12H2. The van der Waals surface area contributed by atoms with E-state index >= 15 is 0 Å². The molecule has 0 spiro atoms. The van der Waals surface area contributed by atoms with Crippen molar-refractivity contribution in [2.75, 3.05) is 13.1 Å². The Kier molecular flexibility index (Phi) is 4.75. The van der Waals surface area contributed by atoms with Crippen molar-refractivity contribution in [3.05, 3.63) is 59.9 Å². The number of rotatable bonds is 4. The van der Waals surface area contributed by atoms with Gasteiger partial charge in [0.1, 0.15) is 17.7 Å². The predicted octanol–water partition coefficient (Wildman–Crippen LogP) is 3.05. The van der Waals surface area contributed by atoms with Crippen LogP contribution >= 0.6 is 0 Å². The second kappa shape index (κ2) is 7.50. The van der Waals surface area contributed by atoms with Gasteiger partial charge >= 0.3 is 0 Å². The highest BCUT2D eigenvalue weighted by Crippen LogP contribution is 2.22. The van der Waals surface area contributed by atoms with E-state index in [4.69, 9.17) is 10.00 Å². The van der Waals surface area contributed by atoms with E-state index in [0.717, 1.165) is 29.3 Å². The van der Waals surface area contributed by atoms with Crippen LogP contribution < -0.4 is 4.74 Å². The molecule has 27 heavy (non-hydrogen) atoms. The van der Waals surface area contributed by atoms with E-state index < -0.39 is 0 Å². The SMILES string of the molecule is N#Cc1cccnc1OC1CCN(C(=O)Cc2c[nH]c3ccccc23)CC1. The van der Waals surface area contributed by atoms with E-state index in [9.17, 15) is 4.79 Å². The average Bonchev–Trinajstić information content (AvgIpc) is 3.12. The highest BCUT2D eigenvalue weighted by molar-refractivity contribution is 5.88. The Morgan fingerprint density at radius 2 is 2.07 bits per heavy atom. The van der Waals surface area contributed by atoms with Crippen LogP contribution in [-0.4, -0.2) is 40.0 Å². The number of hydrogen-bond acceptors (Lipinski definition) is 4. The minimum atomic E-state index is -0.0239. The molecule has 0 unspecified atom stereocenters. The molecule has 1 aromatic carbocycles. The normalized spacial score (nSPS) is 14.9. The second-order valence-electron chi connectivity index (χ2n) is 6.70. The molecule has 3 aromatic rings. The van der Waals surface area contributed by atoms with E-state index in [1.807, 2.05) is 35.4 Å². The summed E-state index contributed by atoms with van der Waals surface area (Å²) in [7, 11) is 0. The van der Waals surface area contributed by atoms with E-state index in [1.165, 1.54) is 0 Å². The molecule has 2 aromatic heterocycles. The van der Waals surface area contributed by atoms with Gasteiger partial charge in [0.15, 0.2) is 0 Å².